The maximum atomic E-state index is 10.9. The van der Waals surface area contributed by atoms with Gasteiger partial charge in [-0.15, -0.1) is 0 Å². The summed E-state index contributed by atoms with van der Waals surface area (Å²) in [7, 11) is 0. The quantitative estimate of drug-likeness (QED) is 0.379. The van der Waals surface area contributed by atoms with E-state index < -0.39 is 0 Å². The predicted octanol–water partition coefficient (Wildman–Crippen LogP) is 6.97. The van der Waals surface area contributed by atoms with Crippen LogP contribution >= 0.6 is 15.9 Å². The lowest BCUT2D eigenvalue weighted by Gasteiger charge is -2.49. The number of halogens is 1. The third-order valence-corrected chi connectivity index (χ3v) is 7.48. The average molecular weight is 423 g/mol. The van der Waals surface area contributed by atoms with Crippen molar-refractivity contribution in [3.8, 4) is 11.5 Å². The highest BCUT2D eigenvalue weighted by atomic mass is 79.9. The molecule has 3 rings (SSSR count). The molecule has 2 nitrogen and oxygen atoms in total. The second-order valence-electron chi connectivity index (χ2n) is 8.94. The summed E-state index contributed by atoms with van der Waals surface area (Å²) in [4.78, 5) is 0. The normalized spacial score (nSPS) is 26.7. The van der Waals surface area contributed by atoms with Crippen LogP contribution in [0.4, 0.5) is 0 Å². The Morgan fingerprint density at radius 1 is 1.15 bits per heavy atom. The van der Waals surface area contributed by atoms with Crippen molar-refractivity contribution in [1.29, 1.82) is 0 Å². The number of phenols is 1. The number of aryl methyl sites for hydroxylation is 1. The fourth-order valence-electron chi connectivity index (χ4n) is 5.11. The molecule has 0 amide bonds. The summed E-state index contributed by atoms with van der Waals surface area (Å²) in [5, 5.41) is 11.9. The molecule has 1 N–H and O–H groups in total. The van der Waals surface area contributed by atoms with Crippen molar-refractivity contribution in [2.75, 3.05) is 5.33 Å². The van der Waals surface area contributed by atoms with E-state index in [9.17, 15) is 5.11 Å². The van der Waals surface area contributed by atoms with E-state index in [1.165, 1.54) is 50.5 Å². The molecule has 0 radical (unpaired) electrons. The van der Waals surface area contributed by atoms with Crippen molar-refractivity contribution < 1.29 is 9.84 Å². The molecule has 26 heavy (non-hydrogen) atoms. The van der Waals surface area contributed by atoms with Crippen LogP contribution in [0.15, 0.2) is 12.1 Å². The number of hydrogen-bond donors (Lipinski definition) is 1. The van der Waals surface area contributed by atoms with Crippen molar-refractivity contribution in [3.05, 3.63) is 23.3 Å². The summed E-state index contributed by atoms with van der Waals surface area (Å²) in [6, 6.07) is 4.22. The molecule has 1 heterocycles. The standard InChI is InChI=1S/C23H35BrO2/c1-4-5-6-7-8-9-16-13-20(25)22-18-12-17(15-24)10-11-19(18)23(2,3)26-21(22)14-16/h13-14,17-19,25H,4-12,15H2,1-3H3/t17?,18-,19?/m1/s1. The van der Waals surface area contributed by atoms with Gasteiger partial charge in [-0.25, -0.2) is 0 Å². The molecule has 0 spiro atoms. The predicted molar refractivity (Wildman–Crippen MR) is 113 cm³/mol. The lowest BCUT2D eigenvalue weighted by Crippen LogP contribution is -2.47. The minimum Gasteiger partial charge on any atom is -0.508 e. The van der Waals surface area contributed by atoms with Gasteiger partial charge in [-0.05, 0) is 75.5 Å². The van der Waals surface area contributed by atoms with E-state index >= 15 is 0 Å². The first-order valence-corrected chi connectivity index (χ1v) is 11.7. The van der Waals surface area contributed by atoms with Crippen LogP contribution in [0.25, 0.3) is 0 Å². The first-order valence-electron chi connectivity index (χ1n) is 10.6. The third kappa shape index (κ3) is 4.24. The lowest BCUT2D eigenvalue weighted by atomic mass is 9.64. The number of hydrogen-bond acceptors (Lipinski definition) is 2. The zero-order valence-corrected chi connectivity index (χ0v) is 18.3. The molecular weight excluding hydrogens is 388 g/mol. The smallest absolute Gasteiger partial charge is 0.127 e. The van der Waals surface area contributed by atoms with Crippen LogP contribution in [-0.2, 0) is 6.42 Å². The van der Waals surface area contributed by atoms with E-state index in [2.05, 4.69) is 42.8 Å². The molecule has 146 valence electrons. The zero-order chi connectivity index (χ0) is 18.7. The van der Waals surface area contributed by atoms with Gasteiger partial charge in [0.25, 0.3) is 0 Å². The molecular formula is C23H35BrO2. The van der Waals surface area contributed by atoms with Crippen molar-refractivity contribution in [2.24, 2.45) is 11.8 Å². The van der Waals surface area contributed by atoms with Crippen molar-refractivity contribution in [2.45, 2.75) is 90.1 Å². The molecule has 2 aliphatic rings. The van der Waals surface area contributed by atoms with Crippen LogP contribution in [0.1, 0.15) is 89.2 Å². The van der Waals surface area contributed by atoms with Gasteiger partial charge < -0.3 is 9.84 Å². The number of fused-ring (bicyclic) bond motifs is 3. The van der Waals surface area contributed by atoms with Crippen LogP contribution in [0.2, 0.25) is 0 Å². The van der Waals surface area contributed by atoms with Gasteiger partial charge in [0.15, 0.2) is 0 Å². The van der Waals surface area contributed by atoms with Gasteiger partial charge in [0, 0.05) is 16.8 Å². The number of aromatic hydroxyl groups is 1. The van der Waals surface area contributed by atoms with Gasteiger partial charge in [-0.2, -0.15) is 0 Å². The molecule has 0 saturated heterocycles. The fraction of sp³-hybridized carbons (Fsp3) is 0.739. The summed E-state index contributed by atoms with van der Waals surface area (Å²) in [6.45, 7) is 6.71. The van der Waals surface area contributed by atoms with Gasteiger partial charge in [-0.3, -0.25) is 0 Å². The van der Waals surface area contributed by atoms with E-state index in [0.717, 1.165) is 29.5 Å². The Morgan fingerprint density at radius 3 is 2.65 bits per heavy atom. The van der Waals surface area contributed by atoms with Crippen LogP contribution in [-0.4, -0.2) is 16.0 Å². The Balaban J connectivity index is 1.80. The SMILES string of the molecule is CCCCCCCc1cc(O)c2c(c1)OC(C)(C)C1CCC(CBr)C[C@@H]21. The average Bonchev–Trinajstić information content (AvgIpc) is 2.60. The summed E-state index contributed by atoms with van der Waals surface area (Å²) in [5.74, 6) is 3.03. The minimum atomic E-state index is -0.152. The molecule has 3 atom stereocenters. The number of unbranched alkanes of at least 4 members (excludes halogenated alkanes) is 4. The minimum absolute atomic E-state index is 0.152. The Kier molecular flexibility index (Phi) is 6.59. The van der Waals surface area contributed by atoms with E-state index in [4.69, 9.17) is 4.74 Å². The van der Waals surface area contributed by atoms with Gasteiger partial charge in [-0.1, -0.05) is 48.5 Å². The Labute approximate surface area is 167 Å². The van der Waals surface area contributed by atoms with Crippen LogP contribution in [0, 0.1) is 11.8 Å². The van der Waals surface area contributed by atoms with E-state index in [1.807, 2.05) is 6.07 Å². The molecule has 1 aliphatic carbocycles. The first-order chi connectivity index (χ1) is 12.5. The molecule has 1 fully saturated rings. The number of rotatable bonds is 7. The molecule has 1 aliphatic heterocycles. The molecule has 0 bridgehead atoms. The summed E-state index contributed by atoms with van der Waals surface area (Å²) in [6.07, 6.45) is 11.0. The topological polar surface area (TPSA) is 29.5 Å². The highest BCUT2D eigenvalue weighted by Gasteiger charge is 2.47. The largest absolute Gasteiger partial charge is 0.508 e. The first kappa shape index (κ1) is 20.0. The summed E-state index contributed by atoms with van der Waals surface area (Å²) < 4.78 is 6.45. The van der Waals surface area contributed by atoms with Gasteiger partial charge >= 0.3 is 0 Å². The Bertz CT molecular complexity index is 610. The Morgan fingerprint density at radius 2 is 1.92 bits per heavy atom. The second kappa shape index (κ2) is 8.54. The number of ether oxygens (including phenoxy) is 1. The number of phenolic OH excluding ortho intramolecular Hbond substituents is 1. The van der Waals surface area contributed by atoms with E-state index in [-0.39, 0.29) is 5.60 Å². The molecule has 1 aromatic carbocycles. The van der Waals surface area contributed by atoms with Crippen molar-refractivity contribution in [1.82, 2.24) is 0 Å². The molecule has 0 aromatic heterocycles. The van der Waals surface area contributed by atoms with Crippen LogP contribution in [0.3, 0.4) is 0 Å². The second-order valence-corrected chi connectivity index (χ2v) is 9.59. The van der Waals surface area contributed by atoms with Gasteiger partial charge in [0.2, 0.25) is 0 Å². The third-order valence-electron chi connectivity index (χ3n) is 6.56. The lowest BCUT2D eigenvalue weighted by molar-refractivity contribution is -0.0141. The summed E-state index contributed by atoms with van der Waals surface area (Å²) >= 11 is 3.68. The monoisotopic (exact) mass is 422 g/mol. The number of alkyl halides is 1. The molecule has 1 saturated carbocycles. The van der Waals surface area contributed by atoms with Crippen LogP contribution in [0.5, 0.6) is 11.5 Å². The zero-order valence-electron chi connectivity index (χ0n) is 16.7. The van der Waals surface area contributed by atoms with E-state index in [1.54, 1.807) is 0 Å². The molecule has 3 heteroatoms. The van der Waals surface area contributed by atoms with Gasteiger partial charge in [0.1, 0.15) is 17.1 Å². The fourth-order valence-corrected chi connectivity index (χ4v) is 5.70. The maximum Gasteiger partial charge on any atom is 0.127 e. The summed E-state index contributed by atoms with van der Waals surface area (Å²) in [5.41, 5.74) is 2.15. The van der Waals surface area contributed by atoms with Crippen molar-refractivity contribution in [3.63, 3.8) is 0 Å². The van der Waals surface area contributed by atoms with Crippen molar-refractivity contribution >= 4 is 15.9 Å². The van der Waals surface area contributed by atoms with Crippen LogP contribution < -0.4 is 4.74 Å². The molecule has 2 unspecified atom stereocenters. The van der Waals surface area contributed by atoms with E-state index in [0.29, 0.717) is 23.5 Å². The van der Waals surface area contributed by atoms with Gasteiger partial charge in [0.05, 0.1) is 0 Å². The highest BCUT2D eigenvalue weighted by Crippen LogP contribution is 2.55. The number of benzene rings is 1. The molecule has 1 aromatic rings. The highest BCUT2D eigenvalue weighted by molar-refractivity contribution is 9.09. The Hall–Kier alpha value is -0.700. The maximum absolute atomic E-state index is 10.9.